The molecule has 1 fully saturated rings. The molecular formula is C12H11NO2S2. The molecule has 1 aromatic rings. The van der Waals surface area contributed by atoms with E-state index in [1.807, 2.05) is 19.1 Å². The number of aryl methyl sites for hydroxylation is 1. The van der Waals surface area contributed by atoms with E-state index < -0.39 is 0 Å². The average Bonchev–Trinajstić information content (AvgIpc) is 2.79. The van der Waals surface area contributed by atoms with Crippen LogP contribution >= 0.6 is 24.0 Å². The third-order valence-corrected chi connectivity index (χ3v) is 3.60. The van der Waals surface area contributed by atoms with Crippen LogP contribution in [0.5, 0.6) is 0 Å². The molecule has 2 heterocycles. The second-order valence-electron chi connectivity index (χ2n) is 3.53. The van der Waals surface area contributed by atoms with Gasteiger partial charge in [0, 0.05) is 12.6 Å². The molecular weight excluding hydrogens is 254 g/mol. The van der Waals surface area contributed by atoms with E-state index in [0.717, 1.165) is 5.76 Å². The summed E-state index contributed by atoms with van der Waals surface area (Å²) in [5, 5.41) is 0. The third-order valence-electron chi connectivity index (χ3n) is 2.22. The Morgan fingerprint density at radius 3 is 2.94 bits per heavy atom. The van der Waals surface area contributed by atoms with Gasteiger partial charge in [-0.15, -0.1) is 6.58 Å². The molecule has 0 N–H and O–H groups in total. The molecule has 0 spiro atoms. The summed E-state index contributed by atoms with van der Waals surface area (Å²) in [6.07, 6.45) is 3.38. The van der Waals surface area contributed by atoms with Crippen molar-refractivity contribution in [2.45, 2.75) is 6.92 Å². The normalized spacial score (nSPS) is 18.2. The van der Waals surface area contributed by atoms with Crippen LogP contribution < -0.4 is 0 Å². The summed E-state index contributed by atoms with van der Waals surface area (Å²) in [6.45, 7) is 5.91. The first kappa shape index (κ1) is 12.1. The maximum absolute atomic E-state index is 12.0. The van der Waals surface area contributed by atoms with Gasteiger partial charge in [-0.05, 0) is 19.1 Å². The van der Waals surface area contributed by atoms with Gasteiger partial charge in [0.25, 0.3) is 5.91 Å². The average molecular weight is 265 g/mol. The molecule has 0 radical (unpaired) electrons. The number of rotatable bonds is 3. The van der Waals surface area contributed by atoms with Crippen LogP contribution in [0.25, 0.3) is 6.08 Å². The lowest BCUT2D eigenvalue weighted by Gasteiger charge is -2.10. The zero-order valence-corrected chi connectivity index (χ0v) is 10.9. The monoisotopic (exact) mass is 265 g/mol. The smallest absolute Gasteiger partial charge is 0.266 e. The van der Waals surface area contributed by atoms with E-state index in [-0.39, 0.29) is 5.91 Å². The summed E-state index contributed by atoms with van der Waals surface area (Å²) in [7, 11) is 0. The Labute approximate surface area is 109 Å². The fourth-order valence-corrected chi connectivity index (χ4v) is 2.70. The van der Waals surface area contributed by atoms with Crippen LogP contribution in [0.1, 0.15) is 11.5 Å². The molecule has 88 valence electrons. The lowest BCUT2D eigenvalue weighted by atomic mass is 10.3. The maximum atomic E-state index is 12.0. The highest BCUT2D eigenvalue weighted by Crippen LogP contribution is 2.32. The first-order chi connectivity index (χ1) is 8.11. The van der Waals surface area contributed by atoms with Crippen LogP contribution in [-0.2, 0) is 4.79 Å². The Bertz CT molecular complexity index is 516. The second kappa shape index (κ2) is 4.89. The molecule has 1 saturated heterocycles. The predicted molar refractivity (Wildman–Crippen MR) is 73.5 cm³/mol. The summed E-state index contributed by atoms with van der Waals surface area (Å²) in [5.74, 6) is 1.40. The molecule has 0 atom stereocenters. The van der Waals surface area contributed by atoms with E-state index in [4.69, 9.17) is 16.6 Å². The van der Waals surface area contributed by atoms with Crippen molar-refractivity contribution in [2.24, 2.45) is 0 Å². The zero-order chi connectivity index (χ0) is 12.4. The van der Waals surface area contributed by atoms with E-state index in [1.165, 1.54) is 16.7 Å². The van der Waals surface area contributed by atoms with Crippen molar-refractivity contribution >= 4 is 40.3 Å². The van der Waals surface area contributed by atoms with Crippen molar-refractivity contribution in [3.05, 3.63) is 41.2 Å². The Hall–Kier alpha value is -1.33. The number of hydrogen-bond acceptors (Lipinski definition) is 4. The zero-order valence-electron chi connectivity index (χ0n) is 9.30. The predicted octanol–water partition coefficient (Wildman–Crippen LogP) is 2.98. The highest BCUT2D eigenvalue weighted by atomic mass is 32.2. The molecule has 0 saturated carbocycles. The van der Waals surface area contributed by atoms with Gasteiger partial charge >= 0.3 is 0 Å². The van der Waals surface area contributed by atoms with Crippen molar-refractivity contribution in [3.8, 4) is 0 Å². The van der Waals surface area contributed by atoms with Gasteiger partial charge in [-0.25, -0.2) is 0 Å². The standard InChI is InChI=1S/C12H11NO2S2/c1-3-6-13-11(14)10(17-12(13)16)7-9-5-4-8(2)15-9/h3-5,7H,1,6H2,2H3. The van der Waals surface area contributed by atoms with E-state index in [2.05, 4.69) is 6.58 Å². The van der Waals surface area contributed by atoms with Gasteiger partial charge < -0.3 is 4.42 Å². The van der Waals surface area contributed by atoms with Crippen LogP contribution in [0.2, 0.25) is 0 Å². The van der Waals surface area contributed by atoms with Crippen LogP contribution in [0.15, 0.2) is 34.1 Å². The number of thiocarbonyl (C=S) groups is 1. The summed E-state index contributed by atoms with van der Waals surface area (Å²) >= 11 is 6.42. The number of carbonyl (C=O) groups is 1. The van der Waals surface area contributed by atoms with Gasteiger partial charge in [-0.3, -0.25) is 9.69 Å². The van der Waals surface area contributed by atoms with Crippen molar-refractivity contribution in [3.63, 3.8) is 0 Å². The number of thioether (sulfide) groups is 1. The van der Waals surface area contributed by atoms with Crippen molar-refractivity contribution in [1.29, 1.82) is 0 Å². The van der Waals surface area contributed by atoms with Crippen molar-refractivity contribution < 1.29 is 9.21 Å². The van der Waals surface area contributed by atoms with Crippen molar-refractivity contribution in [2.75, 3.05) is 6.54 Å². The molecule has 0 aromatic carbocycles. The molecule has 0 bridgehead atoms. The SMILES string of the molecule is C=CCN1C(=O)C(=Cc2ccc(C)o2)SC1=S. The molecule has 1 amide bonds. The Balaban J connectivity index is 2.24. The van der Waals surface area contributed by atoms with E-state index >= 15 is 0 Å². The summed E-state index contributed by atoms with van der Waals surface area (Å²) in [6, 6.07) is 3.69. The second-order valence-corrected chi connectivity index (χ2v) is 5.21. The van der Waals surface area contributed by atoms with Crippen LogP contribution in [0, 0.1) is 6.92 Å². The quantitative estimate of drug-likeness (QED) is 0.478. The minimum Gasteiger partial charge on any atom is -0.462 e. The van der Waals surface area contributed by atoms with Crippen molar-refractivity contribution in [1.82, 2.24) is 4.90 Å². The summed E-state index contributed by atoms with van der Waals surface area (Å²) < 4.78 is 5.96. The first-order valence-corrected chi connectivity index (χ1v) is 6.27. The van der Waals surface area contributed by atoms with Gasteiger partial charge in [0.1, 0.15) is 15.8 Å². The molecule has 0 aliphatic carbocycles. The lowest BCUT2D eigenvalue weighted by Crippen LogP contribution is -2.27. The Morgan fingerprint density at radius 2 is 2.35 bits per heavy atom. The molecule has 5 heteroatoms. The summed E-state index contributed by atoms with van der Waals surface area (Å²) in [4.78, 5) is 14.1. The number of furan rings is 1. The number of amides is 1. The third kappa shape index (κ3) is 2.50. The lowest BCUT2D eigenvalue weighted by molar-refractivity contribution is -0.121. The highest BCUT2D eigenvalue weighted by Gasteiger charge is 2.31. The molecule has 1 aliphatic rings. The van der Waals surface area contributed by atoms with E-state index in [9.17, 15) is 4.79 Å². The van der Waals surface area contributed by atoms with Crippen LogP contribution in [0.4, 0.5) is 0 Å². The maximum Gasteiger partial charge on any atom is 0.266 e. The summed E-state index contributed by atoms with van der Waals surface area (Å²) in [5.41, 5.74) is 0. The minimum atomic E-state index is -0.0889. The molecule has 0 unspecified atom stereocenters. The highest BCUT2D eigenvalue weighted by molar-refractivity contribution is 8.26. The van der Waals surface area contributed by atoms with E-state index in [1.54, 1.807) is 12.2 Å². The van der Waals surface area contributed by atoms with Crippen LogP contribution in [-0.4, -0.2) is 21.7 Å². The fraction of sp³-hybridized carbons (Fsp3) is 0.167. The molecule has 3 nitrogen and oxygen atoms in total. The van der Waals surface area contributed by atoms with Gasteiger partial charge in [0.05, 0.1) is 4.91 Å². The fourth-order valence-electron chi connectivity index (χ4n) is 1.45. The number of nitrogens with zero attached hydrogens (tertiary/aromatic N) is 1. The van der Waals surface area contributed by atoms with Crippen LogP contribution in [0.3, 0.4) is 0 Å². The molecule has 2 rings (SSSR count). The van der Waals surface area contributed by atoms with E-state index in [0.29, 0.717) is 21.5 Å². The van der Waals surface area contributed by atoms with Gasteiger partial charge in [0.15, 0.2) is 0 Å². The van der Waals surface area contributed by atoms with Gasteiger partial charge in [-0.2, -0.15) is 0 Å². The van der Waals surface area contributed by atoms with Gasteiger partial charge in [-0.1, -0.05) is 30.1 Å². The topological polar surface area (TPSA) is 33.5 Å². The van der Waals surface area contributed by atoms with Gasteiger partial charge in [0.2, 0.25) is 0 Å². The first-order valence-electron chi connectivity index (χ1n) is 5.04. The minimum absolute atomic E-state index is 0.0889. The largest absolute Gasteiger partial charge is 0.462 e. The molecule has 17 heavy (non-hydrogen) atoms. The Morgan fingerprint density at radius 1 is 1.59 bits per heavy atom. The number of carbonyl (C=O) groups excluding carboxylic acids is 1. The molecule has 1 aliphatic heterocycles. The Kier molecular flexibility index (Phi) is 3.49. The molecule has 1 aromatic heterocycles. The number of hydrogen-bond donors (Lipinski definition) is 0.